The van der Waals surface area contributed by atoms with Crippen molar-refractivity contribution in [2.75, 3.05) is 6.54 Å². The van der Waals surface area contributed by atoms with Crippen LogP contribution in [0.3, 0.4) is 0 Å². The summed E-state index contributed by atoms with van der Waals surface area (Å²) in [5.74, 6) is -0.274. The second-order valence-corrected chi connectivity index (χ2v) is 7.87. The van der Waals surface area contributed by atoms with Crippen LogP contribution < -0.4 is 0 Å². The molecule has 0 atom stereocenters. The van der Waals surface area contributed by atoms with Crippen molar-refractivity contribution in [1.29, 1.82) is 0 Å². The zero-order valence-corrected chi connectivity index (χ0v) is 16.5. The molecule has 1 saturated heterocycles. The molecule has 140 valence electrons. The maximum Gasteiger partial charge on any atom is 0.293 e. The number of para-hydroxylation sites is 1. The van der Waals surface area contributed by atoms with Crippen molar-refractivity contribution >= 4 is 51.5 Å². The third-order valence-corrected chi connectivity index (χ3v) is 5.72. The summed E-state index contributed by atoms with van der Waals surface area (Å²) in [5, 5.41) is 1.48. The quantitative estimate of drug-likeness (QED) is 0.409. The van der Waals surface area contributed by atoms with Crippen LogP contribution in [-0.2, 0) is 11.3 Å². The molecule has 0 bridgehead atoms. The summed E-state index contributed by atoms with van der Waals surface area (Å²) in [6, 6.07) is 15.8. The van der Waals surface area contributed by atoms with Crippen molar-refractivity contribution in [3.8, 4) is 0 Å². The zero-order valence-electron chi connectivity index (χ0n) is 15.0. The number of hydrogen-bond acceptors (Lipinski definition) is 3. The van der Waals surface area contributed by atoms with Crippen molar-refractivity contribution in [3.63, 3.8) is 0 Å². The summed E-state index contributed by atoms with van der Waals surface area (Å²) >= 11 is 6.95. The topological polar surface area (TPSA) is 42.3 Å². The molecule has 2 heterocycles. The Morgan fingerprint density at radius 2 is 1.82 bits per heavy atom. The molecule has 3 aromatic rings. The lowest BCUT2D eigenvalue weighted by atomic mass is 10.1. The first-order valence-corrected chi connectivity index (χ1v) is 9.95. The van der Waals surface area contributed by atoms with Gasteiger partial charge in [-0.2, -0.15) is 0 Å². The van der Waals surface area contributed by atoms with Gasteiger partial charge in [-0.15, -0.1) is 6.58 Å². The Labute approximate surface area is 172 Å². The first kappa shape index (κ1) is 18.6. The molecule has 4 nitrogen and oxygen atoms in total. The normalized spacial score (nSPS) is 15.8. The molecule has 1 aliphatic heterocycles. The Balaban J connectivity index is 1.72. The fourth-order valence-corrected chi connectivity index (χ4v) is 4.20. The molecule has 0 spiro atoms. The molecule has 0 N–H and O–H groups in total. The van der Waals surface area contributed by atoms with Crippen LogP contribution in [0.1, 0.15) is 11.1 Å². The third kappa shape index (κ3) is 3.51. The average Bonchev–Trinajstić information content (AvgIpc) is 3.17. The van der Waals surface area contributed by atoms with E-state index in [-0.39, 0.29) is 17.7 Å². The average molecular weight is 409 g/mol. The van der Waals surface area contributed by atoms with Crippen molar-refractivity contribution < 1.29 is 9.59 Å². The van der Waals surface area contributed by atoms with Gasteiger partial charge < -0.3 is 4.57 Å². The molecule has 4 rings (SSSR count). The second kappa shape index (κ2) is 7.70. The highest BCUT2D eigenvalue weighted by Crippen LogP contribution is 2.34. The number of carbonyl (C=O) groups excluding carboxylic acids is 2. The molecular weight excluding hydrogens is 392 g/mol. The monoisotopic (exact) mass is 408 g/mol. The van der Waals surface area contributed by atoms with E-state index in [1.165, 1.54) is 4.90 Å². The molecule has 2 aromatic carbocycles. The van der Waals surface area contributed by atoms with Gasteiger partial charge in [0, 0.05) is 40.8 Å². The lowest BCUT2D eigenvalue weighted by Crippen LogP contribution is -2.27. The van der Waals surface area contributed by atoms with Gasteiger partial charge in [0.1, 0.15) is 0 Å². The van der Waals surface area contributed by atoms with E-state index in [1.54, 1.807) is 12.2 Å². The number of fused-ring (bicyclic) bond motifs is 1. The first-order valence-electron chi connectivity index (χ1n) is 8.75. The summed E-state index contributed by atoms with van der Waals surface area (Å²) in [5.41, 5.74) is 3.10. The van der Waals surface area contributed by atoms with E-state index in [1.807, 2.05) is 54.7 Å². The van der Waals surface area contributed by atoms with Crippen LogP contribution in [0.5, 0.6) is 0 Å². The van der Waals surface area contributed by atoms with Crippen LogP contribution in [0.25, 0.3) is 17.0 Å². The van der Waals surface area contributed by atoms with E-state index in [0.717, 1.165) is 33.8 Å². The Morgan fingerprint density at radius 1 is 1.07 bits per heavy atom. The Hall–Kier alpha value is -2.76. The molecule has 0 unspecified atom stereocenters. The van der Waals surface area contributed by atoms with Crippen LogP contribution in [0.4, 0.5) is 4.79 Å². The summed E-state index contributed by atoms with van der Waals surface area (Å²) in [6.45, 7) is 4.51. The predicted molar refractivity (Wildman–Crippen MR) is 115 cm³/mol. The molecule has 6 heteroatoms. The molecule has 0 radical (unpaired) electrons. The molecule has 28 heavy (non-hydrogen) atoms. The number of nitrogens with zero attached hydrogens (tertiary/aromatic N) is 2. The number of imide groups is 1. The van der Waals surface area contributed by atoms with Crippen LogP contribution >= 0.6 is 23.4 Å². The number of thioether (sulfide) groups is 1. The SMILES string of the molecule is C=CCN1C(=O)S/C(=C/c2cn(Cc3ccc(Cl)cc3)c3ccccc23)C1=O. The summed E-state index contributed by atoms with van der Waals surface area (Å²) in [7, 11) is 0. The predicted octanol–water partition coefficient (Wildman–Crippen LogP) is 5.57. The summed E-state index contributed by atoms with van der Waals surface area (Å²) in [6.07, 6.45) is 5.37. The lowest BCUT2D eigenvalue weighted by Gasteiger charge is -2.07. The number of amides is 2. The standard InChI is InChI=1S/C22H17ClN2O2S/c1-2-11-25-21(26)20(28-22(25)27)12-16-14-24(19-6-4-3-5-18(16)19)13-15-7-9-17(23)10-8-15/h2-10,12,14H,1,11,13H2/b20-12+. The van der Waals surface area contributed by atoms with Crippen molar-refractivity contribution in [3.05, 3.63) is 88.4 Å². The Kier molecular flexibility index (Phi) is 5.11. The van der Waals surface area contributed by atoms with Crippen LogP contribution in [-0.4, -0.2) is 27.2 Å². The first-order chi connectivity index (χ1) is 13.6. The van der Waals surface area contributed by atoms with Crippen molar-refractivity contribution in [1.82, 2.24) is 9.47 Å². The van der Waals surface area contributed by atoms with Gasteiger partial charge in [-0.3, -0.25) is 14.5 Å². The van der Waals surface area contributed by atoms with Gasteiger partial charge in [-0.1, -0.05) is 48.0 Å². The number of halogens is 1. The van der Waals surface area contributed by atoms with Crippen LogP contribution in [0, 0.1) is 0 Å². The highest BCUT2D eigenvalue weighted by atomic mass is 35.5. The van der Waals surface area contributed by atoms with Gasteiger partial charge in [0.2, 0.25) is 0 Å². The van der Waals surface area contributed by atoms with E-state index in [4.69, 9.17) is 11.6 Å². The van der Waals surface area contributed by atoms with E-state index in [2.05, 4.69) is 11.1 Å². The third-order valence-electron chi connectivity index (χ3n) is 4.56. The van der Waals surface area contributed by atoms with E-state index >= 15 is 0 Å². The van der Waals surface area contributed by atoms with Gasteiger partial charge in [-0.25, -0.2) is 0 Å². The smallest absolute Gasteiger partial charge is 0.293 e. The van der Waals surface area contributed by atoms with Gasteiger partial charge >= 0.3 is 0 Å². The fourth-order valence-electron chi connectivity index (χ4n) is 3.24. The van der Waals surface area contributed by atoms with Crippen LogP contribution in [0.2, 0.25) is 5.02 Å². The van der Waals surface area contributed by atoms with Gasteiger partial charge in [-0.05, 0) is 41.6 Å². The Bertz CT molecular complexity index is 1120. The zero-order chi connectivity index (χ0) is 19.7. The number of hydrogen-bond donors (Lipinski definition) is 0. The highest BCUT2D eigenvalue weighted by molar-refractivity contribution is 8.18. The Morgan fingerprint density at radius 3 is 2.57 bits per heavy atom. The molecule has 1 aromatic heterocycles. The molecule has 1 fully saturated rings. The molecule has 2 amide bonds. The number of rotatable bonds is 5. The van der Waals surface area contributed by atoms with Gasteiger partial charge in [0.05, 0.1) is 4.91 Å². The van der Waals surface area contributed by atoms with E-state index < -0.39 is 0 Å². The molecule has 0 aliphatic carbocycles. The van der Waals surface area contributed by atoms with E-state index in [9.17, 15) is 9.59 Å². The van der Waals surface area contributed by atoms with Crippen molar-refractivity contribution in [2.24, 2.45) is 0 Å². The lowest BCUT2D eigenvalue weighted by molar-refractivity contribution is -0.122. The number of benzene rings is 2. The van der Waals surface area contributed by atoms with Crippen LogP contribution in [0.15, 0.2) is 72.3 Å². The largest absolute Gasteiger partial charge is 0.342 e. The fraction of sp³-hybridized carbons (Fsp3) is 0.0909. The minimum absolute atomic E-state index is 0.223. The minimum Gasteiger partial charge on any atom is -0.342 e. The molecular formula is C22H17ClN2O2S. The summed E-state index contributed by atoms with van der Waals surface area (Å²) < 4.78 is 2.14. The number of aromatic nitrogens is 1. The highest BCUT2D eigenvalue weighted by Gasteiger charge is 2.34. The second-order valence-electron chi connectivity index (χ2n) is 6.44. The molecule has 1 aliphatic rings. The number of carbonyl (C=O) groups is 2. The van der Waals surface area contributed by atoms with Crippen molar-refractivity contribution in [2.45, 2.75) is 6.54 Å². The molecule has 0 saturated carbocycles. The van der Waals surface area contributed by atoms with Gasteiger partial charge in [0.25, 0.3) is 11.1 Å². The minimum atomic E-state index is -0.274. The van der Waals surface area contributed by atoms with Gasteiger partial charge in [0.15, 0.2) is 0 Å². The maximum absolute atomic E-state index is 12.5. The maximum atomic E-state index is 12.5. The summed E-state index contributed by atoms with van der Waals surface area (Å²) in [4.78, 5) is 26.2. The van der Waals surface area contributed by atoms with E-state index in [0.29, 0.717) is 16.5 Å².